The van der Waals surface area contributed by atoms with Gasteiger partial charge in [-0.05, 0) is 35.9 Å². The van der Waals surface area contributed by atoms with Crippen LogP contribution in [0.25, 0.3) is 6.08 Å². The number of hydrogen-bond acceptors (Lipinski definition) is 6. The van der Waals surface area contributed by atoms with Crippen molar-refractivity contribution in [2.75, 3.05) is 6.79 Å². The Morgan fingerprint density at radius 2 is 1.91 bits per heavy atom. The van der Waals surface area contributed by atoms with E-state index in [9.17, 15) is 9.59 Å². The van der Waals surface area contributed by atoms with Crippen molar-refractivity contribution in [2.24, 2.45) is 0 Å². The van der Waals surface area contributed by atoms with E-state index >= 15 is 0 Å². The van der Waals surface area contributed by atoms with Crippen molar-refractivity contribution in [1.82, 2.24) is 0 Å². The van der Waals surface area contributed by atoms with Crippen molar-refractivity contribution >= 4 is 41.0 Å². The van der Waals surface area contributed by atoms with Crippen LogP contribution in [-0.4, -0.2) is 18.5 Å². The van der Waals surface area contributed by atoms with E-state index in [4.69, 9.17) is 42.1 Å². The molecule has 3 aromatic carbocycles. The molecule has 0 saturated carbocycles. The minimum absolute atomic E-state index is 0.104. The molecule has 3 aromatic rings. The van der Waals surface area contributed by atoms with Crippen LogP contribution in [0, 0.1) is 0 Å². The van der Waals surface area contributed by atoms with E-state index in [2.05, 4.69) is 0 Å². The van der Waals surface area contributed by atoms with Gasteiger partial charge in [-0.1, -0.05) is 41.9 Å². The number of esters is 1. The van der Waals surface area contributed by atoms with Gasteiger partial charge in [-0.25, -0.2) is 4.79 Å². The van der Waals surface area contributed by atoms with Crippen LogP contribution in [0.3, 0.4) is 0 Å². The molecule has 2 heterocycles. The number of benzene rings is 3. The van der Waals surface area contributed by atoms with E-state index < -0.39 is 11.3 Å². The number of carbonyl (C=O) groups is 2. The number of Topliss-reactive ketones (excluding diaryl/α,β-unsaturated/α-hetero) is 1. The lowest BCUT2D eigenvalue weighted by Crippen LogP contribution is -2.14. The van der Waals surface area contributed by atoms with Crippen molar-refractivity contribution in [3.05, 3.63) is 93.7 Å². The quantitative estimate of drug-likeness (QED) is 0.205. The van der Waals surface area contributed by atoms with Crippen LogP contribution in [0.1, 0.15) is 32.4 Å². The van der Waals surface area contributed by atoms with E-state index in [1.54, 1.807) is 48.5 Å². The molecule has 2 aliphatic rings. The van der Waals surface area contributed by atoms with E-state index in [0.717, 1.165) is 5.56 Å². The third-order valence-corrected chi connectivity index (χ3v) is 5.80. The molecule has 5 rings (SSSR count). The average Bonchev–Trinajstić information content (AvgIpc) is 3.13. The van der Waals surface area contributed by atoms with Crippen LogP contribution in [0.15, 0.2) is 66.4 Å². The number of rotatable bonds is 4. The zero-order valence-corrected chi connectivity index (χ0v) is 18.6. The molecular weight excluding hydrogens is 467 g/mol. The SMILES string of the molecule is O=C1/C(=C/c2cc(Cl)cc3c2OCOC3)Oc2cc(OC(=O)C(Cl)c3ccccc3)ccc21. The summed E-state index contributed by atoms with van der Waals surface area (Å²) in [5, 5.41) is -0.476. The van der Waals surface area contributed by atoms with Crippen LogP contribution < -0.4 is 14.2 Å². The van der Waals surface area contributed by atoms with Gasteiger partial charge in [-0.3, -0.25) is 4.79 Å². The number of alkyl halides is 1. The van der Waals surface area contributed by atoms with Crippen LogP contribution in [0.4, 0.5) is 0 Å². The zero-order chi connectivity index (χ0) is 22.9. The summed E-state index contributed by atoms with van der Waals surface area (Å²) in [6.07, 6.45) is 1.58. The largest absolute Gasteiger partial charge is 0.467 e. The second-order valence-corrected chi connectivity index (χ2v) is 8.26. The van der Waals surface area contributed by atoms with Gasteiger partial charge in [-0.2, -0.15) is 0 Å². The first kappa shape index (κ1) is 21.5. The molecular formula is C25H16Cl2O6. The third kappa shape index (κ3) is 4.33. The van der Waals surface area contributed by atoms with Crippen LogP contribution in [0.5, 0.6) is 17.2 Å². The fraction of sp³-hybridized carbons (Fsp3) is 0.120. The number of allylic oxidation sites excluding steroid dienone is 1. The number of halogens is 2. The standard InChI is InChI=1S/C25H16Cl2O6/c26-17-8-15(24-16(9-17)12-30-13-31-24)10-21-23(28)19-7-6-18(11-20(19)33-21)32-25(29)22(27)14-4-2-1-3-5-14/h1-11,22H,12-13H2/b21-10-. The third-order valence-electron chi connectivity index (χ3n) is 5.15. The van der Waals surface area contributed by atoms with E-state index in [1.807, 2.05) is 6.07 Å². The van der Waals surface area contributed by atoms with Crippen LogP contribution in [0.2, 0.25) is 5.02 Å². The Labute approximate surface area is 199 Å². The highest BCUT2D eigenvalue weighted by Gasteiger charge is 2.29. The van der Waals surface area contributed by atoms with Gasteiger partial charge in [-0.15, -0.1) is 11.6 Å². The van der Waals surface area contributed by atoms with Crippen LogP contribution >= 0.6 is 23.2 Å². The Kier molecular flexibility index (Phi) is 5.81. The Morgan fingerprint density at radius 1 is 1.09 bits per heavy atom. The number of ether oxygens (including phenoxy) is 4. The predicted octanol–water partition coefficient (Wildman–Crippen LogP) is 5.71. The summed E-state index contributed by atoms with van der Waals surface area (Å²) in [6, 6.07) is 16.9. The van der Waals surface area contributed by atoms with Crippen molar-refractivity contribution in [3.63, 3.8) is 0 Å². The summed E-state index contributed by atoms with van der Waals surface area (Å²) in [5.74, 6) is 0.259. The van der Waals surface area contributed by atoms with Gasteiger partial charge in [0.1, 0.15) is 17.2 Å². The molecule has 2 aliphatic heterocycles. The molecule has 0 amide bonds. The lowest BCUT2D eigenvalue weighted by molar-refractivity contribution is -0.134. The molecule has 0 bridgehead atoms. The van der Waals surface area contributed by atoms with E-state index in [-0.39, 0.29) is 29.8 Å². The molecule has 0 fully saturated rings. The lowest BCUT2D eigenvalue weighted by Gasteiger charge is -2.20. The Bertz CT molecular complexity index is 1290. The second kappa shape index (κ2) is 8.90. The maximum absolute atomic E-state index is 12.9. The Hall–Kier alpha value is -3.32. The summed E-state index contributed by atoms with van der Waals surface area (Å²) < 4.78 is 22.1. The maximum atomic E-state index is 12.9. The molecule has 0 spiro atoms. The topological polar surface area (TPSA) is 71.1 Å². The maximum Gasteiger partial charge on any atom is 0.334 e. The van der Waals surface area contributed by atoms with Gasteiger partial charge in [0.15, 0.2) is 17.9 Å². The molecule has 1 atom stereocenters. The molecule has 33 heavy (non-hydrogen) atoms. The lowest BCUT2D eigenvalue weighted by atomic mass is 10.1. The second-order valence-electron chi connectivity index (χ2n) is 7.39. The number of hydrogen-bond donors (Lipinski definition) is 0. The first-order valence-electron chi connectivity index (χ1n) is 10.0. The Morgan fingerprint density at radius 3 is 2.73 bits per heavy atom. The molecule has 0 radical (unpaired) electrons. The van der Waals surface area contributed by atoms with Gasteiger partial charge >= 0.3 is 5.97 Å². The Balaban J connectivity index is 1.38. The highest BCUT2D eigenvalue weighted by Crippen LogP contribution is 2.38. The highest BCUT2D eigenvalue weighted by atomic mass is 35.5. The molecule has 8 heteroatoms. The molecule has 0 N–H and O–H groups in total. The van der Waals surface area contributed by atoms with Gasteiger partial charge in [0.05, 0.1) is 12.2 Å². The summed E-state index contributed by atoms with van der Waals surface area (Å²) >= 11 is 12.4. The van der Waals surface area contributed by atoms with E-state index in [1.165, 1.54) is 12.1 Å². The monoisotopic (exact) mass is 482 g/mol. The molecule has 0 aromatic heterocycles. The fourth-order valence-electron chi connectivity index (χ4n) is 3.61. The van der Waals surface area contributed by atoms with E-state index in [0.29, 0.717) is 34.1 Å². The molecule has 1 unspecified atom stereocenters. The van der Waals surface area contributed by atoms with Crippen molar-refractivity contribution in [1.29, 1.82) is 0 Å². The van der Waals surface area contributed by atoms with Crippen molar-refractivity contribution < 1.29 is 28.5 Å². The first-order valence-corrected chi connectivity index (χ1v) is 10.8. The van der Waals surface area contributed by atoms with Crippen molar-refractivity contribution in [3.8, 4) is 17.2 Å². The fourth-order valence-corrected chi connectivity index (χ4v) is 4.05. The van der Waals surface area contributed by atoms with Gasteiger partial charge < -0.3 is 18.9 Å². The number of fused-ring (bicyclic) bond motifs is 2. The van der Waals surface area contributed by atoms with Crippen molar-refractivity contribution in [2.45, 2.75) is 12.0 Å². The summed E-state index contributed by atoms with van der Waals surface area (Å²) in [5.41, 5.74) is 2.37. The molecule has 0 aliphatic carbocycles. The first-order chi connectivity index (χ1) is 16.0. The zero-order valence-electron chi connectivity index (χ0n) is 17.0. The molecule has 0 saturated heterocycles. The van der Waals surface area contributed by atoms with Gasteiger partial charge in [0.2, 0.25) is 5.78 Å². The van der Waals surface area contributed by atoms with Crippen LogP contribution in [-0.2, 0) is 16.1 Å². The summed E-state index contributed by atoms with van der Waals surface area (Å²) in [7, 11) is 0. The highest BCUT2D eigenvalue weighted by molar-refractivity contribution is 6.31. The molecule has 6 nitrogen and oxygen atoms in total. The van der Waals surface area contributed by atoms with Gasteiger partial charge in [0, 0.05) is 22.2 Å². The predicted molar refractivity (Wildman–Crippen MR) is 122 cm³/mol. The minimum Gasteiger partial charge on any atom is -0.467 e. The number of carbonyl (C=O) groups excluding carboxylic acids is 2. The summed E-state index contributed by atoms with van der Waals surface area (Å²) in [4.78, 5) is 25.3. The smallest absolute Gasteiger partial charge is 0.334 e. The molecule has 166 valence electrons. The normalized spacial score (nSPS) is 16.4. The summed E-state index contributed by atoms with van der Waals surface area (Å²) in [6.45, 7) is 0.472. The average molecular weight is 483 g/mol. The van der Waals surface area contributed by atoms with Gasteiger partial charge in [0.25, 0.3) is 0 Å². The minimum atomic E-state index is -0.963. The number of ketones is 1.